The number of carbonyl (C=O) groups is 1. The van der Waals surface area contributed by atoms with Gasteiger partial charge in [0.25, 0.3) is 0 Å². The van der Waals surface area contributed by atoms with E-state index >= 15 is 0 Å². The molecule has 0 aliphatic rings. The van der Waals surface area contributed by atoms with Crippen LogP contribution in [0.4, 0.5) is 0 Å². The number of nitrogens with one attached hydrogen (secondary N) is 1. The number of amides is 1. The Morgan fingerprint density at radius 3 is 2.67 bits per heavy atom. The lowest BCUT2D eigenvalue weighted by molar-refractivity contribution is -0.121. The van der Waals surface area contributed by atoms with Crippen LogP contribution < -0.4 is 11.1 Å². The second-order valence-electron chi connectivity index (χ2n) is 5.18. The van der Waals surface area contributed by atoms with Gasteiger partial charge in [-0.05, 0) is 38.3 Å². The molecule has 3 N–H and O–H groups in total. The van der Waals surface area contributed by atoms with Crippen LogP contribution in [0.2, 0.25) is 0 Å². The molecule has 0 aliphatic carbocycles. The van der Waals surface area contributed by atoms with E-state index in [1.807, 2.05) is 32.0 Å². The third-order valence-electron chi connectivity index (χ3n) is 2.67. The SMILES string of the molecule is CC(C)(N)CCC(=O)NCCc1ccccc1Br. The van der Waals surface area contributed by atoms with Gasteiger partial charge in [0.2, 0.25) is 5.91 Å². The molecule has 0 heterocycles. The predicted molar refractivity (Wildman–Crippen MR) is 78.4 cm³/mol. The molecular formula is C14H21BrN2O. The van der Waals surface area contributed by atoms with Crippen molar-refractivity contribution in [3.63, 3.8) is 0 Å². The molecule has 1 aromatic carbocycles. The highest BCUT2D eigenvalue weighted by atomic mass is 79.9. The van der Waals surface area contributed by atoms with Gasteiger partial charge in [-0.3, -0.25) is 4.79 Å². The van der Waals surface area contributed by atoms with Gasteiger partial charge in [-0.15, -0.1) is 0 Å². The van der Waals surface area contributed by atoms with Gasteiger partial charge in [-0.2, -0.15) is 0 Å². The molecule has 0 saturated heterocycles. The maximum absolute atomic E-state index is 11.6. The summed E-state index contributed by atoms with van der Waals surface area (Å²) in [6, 6.07) is 8.04. The molecule has 3 nitrogen and oxygen atoms in total. The molecule has 100 valence electrons. The quantitative estimate of drug-likeness (QED) is 0.848. The number of nitrogens with two attached hydrogens (primary N) is 1. The summed E-state index contributed by atoms with van der Waals surface area (Å²) in [4.78, 5) is 11.6. The molecule has 0 aliphatic heterocycles. The van der Waals surface area contributed by atoms with Crippen molar-refractivity contribution in [1.82, 2.24) is 5.32 Å². The Morgan fingerprint density at radius 1 is 1.39 bits per heavy atom. The van der Waals surface area contributed by atoms with E-state index in [2.05, 4.69) is 27.3 Å². The Balaban J connectivity index is 2.26. The summed E-state index contributed by atoms with van der Waals surface area (Å²) in [7, 11) is 0. The van der Waals surface area contributed by atoms with Gasteiger partial charge in [0, 0.05) is 23.0 Å². The summed E-state index contributed by atoms with van der Waals surface area (Å²) in [5.41, 5.74) is 6.76. The highest BCUT2D eigenvalue weighted by molar-refractivity contribution is 9.10. The number of hydrogen-bond donors (Lipinski definition) is 2. The molecule has 1 rings (SSSR count). The van der Waals surface area contributed by atoms with Gasteiger partial charge in [0.05, 0.1) is 0 Å². The van der Waals surface area contributed by atoms with Crippen LogP contribution in [-0.4, -0.2) is 18.0 Å². The maximum Gasteiger partial charge on any atom is 0.220 e. The highest BCUT2D eigenvalue weighted by Gasteiger charge is 2.12. The van der Waals surface area contributed by atoms with E-state index < -0.39 is 0 Å². The summed E-state index contributed by atoms with van der Waals surface area (Å²) in [6.45, 7) is 4.52. The minimum absolute atomic E-state index is 0.0700. The number of benzene rings is 1. The van der Waals surface area contributed by atoms with Crippen LogP contribution >= 0.6 is 15.9 Å². The molecule has 0 aromatic heterocycles. The molecule has 1 amide bonds. The summed E-state index contributed by atoms with van der Waals surface area (Å²) in [5, 5.41) is 2.92. The number of rotatable bonds is 6. The third kappa shape index (κ3) is 6.17. The van der Waals surface area contributed by atoms with Crippen LogP contribution in [0.1, 0.15) is 32.3 Å². The van der Waals surface area contributed by atoms with Crippen LogP contribution in [0, 0.1) is 0 Å². The lowest BCUT2D eigenvalue weighted by Crippen LogP contribution is -2.34. The molecule has 0 atom stereocenters. The fourth-order valence-corrected chi connectivity index (χ4v) is 2.04. The zero-order valence-electron chi connectivity index (χ0n) is 11.0. The van der Waals surface area contributed by atoms with Gasteiger partial charge < -0.3 is 11.1 Å². The van der Waals surface area contributed by atoms with Gasteiger partial charge in [0.15, 0.2) is 0 Å². The van der Waals surface area contributed by atoms with E-state index in [-0.39, 0.29) is 11.4 Å². The van der Waals surface area contributed by atoms with Crippen molar-refractivity contribution in [1.29, 1.82) is 0 Å². The number of carbonyl (C=O) groups excluding carboxylic acids is 1. The Kier molecular flexibility index (Phi) is 5.82. The third-order valence-corrected chi connectivity index (χ3v) is 3.44. The van der Waals surface area contributed by atoms with E-state index in [0.717, 1.165) is 10.9 Å². The molecule has 0 spiro atoms. The van der Waals surface area contributed by atoms with E-state index in [1.54, 1.807) is 0 Å². The molecule has 0 unspecified atom stereocenters. The predicted octanol–water partition coefficient (Wildman–Crippen LogP) is 2.63. The van der Waals surface area contributed by atoms with Gasteiger partial charge in [0.1, 0.15) is 0 Å². The van der Waals surface area contributed by atoms with Gasteiger partial charge in [-0.25, -0.2) is 0 Å². The van der Waals surface area contributed by atoms with Crippen molar-refractivity contribution in [2.24, 2.45) is 5.73 Å². The van der Waals surface area contributed by atoms with E-state index in [0.29, 0.717) is 19.4 Å². The summed E-state index contributed by atoms with van der Waals surface area (Å²) < 4.78 is 1.09. The first kappa shape index (κ1) is 15.2. The monoisotopic (exact) mass is 312 g/mol. The smallest absolute Gasteiger partial charge is 0.220 e. The molecule has 0 saturated carbocycles. The van der Waals surface area contributed by atoms with E-state index in [9.17, 15) is 4.79 Å². The Labute approximate surface area is 117 Å². The minimum Gasteiger partial charge on any atom is -0.356 e. The van der Waals surface area contributed by atoms with Crippen LogP contribution in [0.25, 0.3) is 0 Å². The highest BCUT2D eigenvalue weighted by Crippen LogP contribution is 2.15. The number of hydrogen-bond acceptors (Lipinski definition) is 2. The lowest BCUT2D eigenvalue weighted by atomic mass is 10.00. The zero-order chi connectivity index (χ0) is 13.6. The van der Waals surface area contributed by atoms with Crippen molar-refractivity contribution >= 4 is 21.8 Å². The average molecular weight is 313 g/mol. The normalized spacial score (nSPS) is 11.3. The second kappa shape index (κ2) is 6.90. The fourth-order valence-electron chi connectivity index (χ4n) is 1.56. The molecular weight excluding hydrogens is 292 g/mol. The van der Waals surface area contributed by atoms with Gasteiger partial charge >= 0.3 is 0 Å². The van der Waals surface area contributed by atoms with Crippen molar-refractivity contribution in [3.8, 4) is 0 Å². The molecule has 0 radical (unpaired) electrons. The molecule has 1 aromatic rings. The van der Waals surface area contributed by atoms with Crippen molar-refractivity contribution in [2.45, 2.75) is 38.6 Å². The first-order valence-electron chi connectivity index (χ1n) is 6.17. The van der Waals surface area contributed by atoms with Crippen LogP contribution in [0.15, 0.2) is 28.7 Å². The largest absolute Gasteiger partial charge is 0.356 e. The first-order chi connectivity index (χ1) is 8.38. The standard InChI is InChI=1S/C14H21BrN2O/c1-14(2,16)9-7-13(18)17-10-8-11-5-3-4-6-12(11)15/h3-6H,7-10,16H2,1-2H3,(H,17,18). The lowest BCUT2D eigenvalue weighted by Gasteiger charge is -2.17. The van der Waals surface area contributed by atoms with Gasteiger partial charge in [-0.1, -0.05) is 34.1 Å². The molecule has 18 heavy (non-hydrogen) atoms. The Bertz CT molecular complexity index is 399. The van der Waals surface area contributed by atoms with Crippen molar-refractivity contribution < 1.29 is 4.79 Å². The molecule has 0 fully saturated rings. The summed E-state index contributed by atoms with van der Waals surface area (Å²) in [5.74, 6) is 0.0700. The Morgan fingerprint density at radius 2 is 2.06 bits per heavy atom. The van der Waals surface area contributed by atoms with Crippen molar-refractivity contribution in [3.05, 3.63) is 34.3 Å². The fraction of sp³-hybridized carbons (Fsp3) is 0.500. The maximum atomic E-state index is 11.6. The summed E-state index contributed by atoms with van der Waals surface area (Å²) >= 11 is 3.49. The molecule has 4 heteroatoms. The van der Waals surface area contributed by atoms with E-state index in [4.69, 9.17) is 5.73 Å². The molecule has 0 bridgehead atoms. The van der Waals surface area contributed by atoms with E-state index in [1.165, 1.54) is 5.56 Å². The second-order valence-corrected chi connectivity index (χ2v) is 6.03. The van der Waals surface area contributed by atoms with Crippen LogP contribution in [0.3, 0.4) is 0 Å². The average Bonchev–Trinajstić information content (AvgIpc) is 2.28. The zero-order valence-corrected chi connectivity index (χ0v) is 12.6. The van der Waals surface area contributed by atoms with Crippen LogP contribution in [0.5, 0.6) is 0 Å². The number of halogens is 1. The van der Waals surface area contributed by atoms with Crippen LogP contribution in [-0.2, 0) is 11.2 Å². The Hall–Kier alpha value is -0.870. The van der Waals surface area contributed by atoms with Crippen molar-refractivity contribution in [2.75, 3.05) is 6.54 Å². The first-order valence-corrected chi connectivity index (χ1v) is 6.97. The topological polar surface area (TPSA) is 55.1 Å². The minimum atomic E-state index is -0.278. The summed E-state index contributed by atoms with van der Waals surface area (Å²) in [6.07, 6.45) is 2.02.